The number of nitrogens with one attached hydrogen (secondary N) is 2. The number of carbonyl (C=O) groups is 3. The second-order valence-electron chi connectivity index (χ2n) is 8.37. The van der Waals surface area contributed by atoms with E-state index in [1.165, 1.54) is 17.7 Å². The van der Waals surface area contributed by atoms with E-state index in [2.05, 4.69) is 10.3 Å². The van der Waals surface area contributed by atoms with E-state index in [1.54, 1.807) is 29.2 Å². The molecule has 1 aliphatic heterocycles. The van der Waals surface area contributed by atoms with Gasteiger partial charge in [0.25, 0.3) is 5.91 Å². The Morgan fingerprint density at radius 2 is 1.91 bits per heavy atom. The van der Waals surface area contributed by atoms with E-state index in [9.17, 15) is 14.4 Å². The average molecular weight is 431 g/mol. The molecule has 0 unspecified atom stereocenters. The first kappa shape index (κ1) is 20.3. The minimum atomic E-state index is -0.524. The smallest absolute Gasteiger partial charge is 0.338 e. The van der Waals surface area contributed by atoms with Crippen molar-refractivity contribution >= 4 is 40.1 Å². The van der Waals surface area contributed by atoms with Crippen LogP contribution >= 0.6 is 0 Å². The summed E-state index contributed by atoms with van der Waals surface area (Å²) < 4.78 is 5.25. The highest BCUT2D eigenvalue weighted by Gasteiger charge is 2.22. The van der Waals surface area contributed by atoms with Crippen molar-refractivity contribution in [2.24, 2.45) is 0 Å². The van der Waals surface area contributed by atoms with Crippen LogP contribution < -0.4 is 10.2 Å². The fourth-order valence-electron chi connectivity index (χ4n) is 4.62. The molecule has 3 aromatic rings. The number of nitrogens with zero attached hydrogens (tertiary/aromatic N) is 1. The van der Waals surface area contributed by atoms with Crippen LogP contribution in [0.3, 0.4) is 0 Å². The number of amides is 2. The van der Waals surface area contributed by atoms with E-state index in [1.807, 2.05) is 18.2 Å². The lowest BCUT2D eigenvalue weighted by Gasteiger charge is -2.16. The van der Waals surface area contributed by atoms with Gasteiger partial charge in [0.05, 0.1) is 5.56 Å². The summed E-state index contributed by atoms with van der Waals surface area (Å²) in [5, 5.41) is 3.80. The molecule has 0 bridgehead atoms. The van der Waals surface area contributed by atoms with Gasteiger partial charge in [-0.15, -0.1) is 0 Å². The van der Waals surface area contributed by atoms with Gasteiger partial charge in [-0.05, 0) is 74.1 Å². The number of aryl methyl sites for hydroxylation is 2. The predicted molar refractivity (Wildman–Crippen MR) is 122 cm³/mol. The Morgan fingerprint density at radius 1 is 1.03 bits per heavy atom. The Balaban J connectivity index is 1.22. The van der Waals surface area contributed by atoms with Crippen molar-refractivity contribution in [2.75, 3.05) is 23.4 Å². The topological polar surface area (TPSA) is 91.5 Å². The summed E-state index contributed by atoms with van der Waals surface area (Å²) in [5.74, 6) is -0.865. The van der Waals surface area contributed by atoms with Crippen molar-refractivity contribution in [2.45, 2.75) is 38.5 Å². The van der Waals surface area contributed by atoms with Crippen LogP contribution in [0.15, 0.2) is 42.5 Å². The van der Waals surface area contributed by atoms with Crippen LogP contribution in [-0.4, -0.2) is 35.9 Å². The molecule has 2 aliphatic rings. The van der Waals surface area contributed by atoms with Gasteiger partial charge in [0.15, 0.2) is 6.61 Å². The molecule has 7 nitrogen and oxygen atoms in total. The first-order chi connectivity index (χ1) is 15.6. The van der Waals surface area contributed by atoms with Gasteiger partial charge in [0, 0.05) is 40.9 Å². The number of H-pyrrole nitrogens is 1. The molecule has 164 valence electrons. The molecular weight excluding hydrogens is 406 g/mol. The summed E-state index contributed by atoms with van der Waals surface area (Å²) in [4.78, 5) is 42.0. The number of esters is 1. The summed E-state index contributed by atoms with van der Waals surface area (Å²) in [7, 11) is 0. The van der Waals surface area contributed by atoms with Crippen molar-refractivity contribution in [3.8, 4) is 0 Å². The maximum atomic E-state index is 12.5. The first-order valence-corrected chi connectivity index (χ1v) is 11.1. The Hall–Kier alpha value is -3.61. The summed E-state index contributed by atoms with van der Waals surface area (Å²) in [5.41, 5.74) is 5.33. The third kappa shape index (κ3) is 3.98. The standard InChI is InChI=1S/C25H25N3O4/c29-23(26-17-5-3-6-18(14-17)28-12-4-9-24(28)30)15-32-25(31)16-10-11-22-20(13-16)19-7-1-2-8-21(19)27-22/h3,5-6,10-11,13-14,27H,1-2,4,7-9,12,15H2,(H,26,29). The number of fused-ring (bicyclic) bond motifs is 3. The van der Waals surface area contributed by atoms with Crippen molar-refractivity contribution in [3.63, 3.8) is 0 Å². The second kappa shape index (κ2) is 8.49. The Morgan fingerprint density at radius 3 is 2.75 bits per heavy atom. The number of hydrogen-bond acceptors (Lipinski definition) is 4. The zero-order chi connectivity index (χ0) is 22.1. The summed E-state index contributed by atoms with van der Waals surface area (Å²) in [6.07, 6.45) is 5.77. The Labute approximate surface area is 185 Å². The Kier molecular flexibility index (Phi) is 5.39. The number of anilines is 2. The molecule has 1 saturated heterocycles. The number of benzene rings is 2. The number of aromatic nitrogens is 1. The van der Waals surface area contributed by atoms with Crippen molar-refractivity contribution in [3.05, 3.63) is 59.3 Å². The molecule has 2 N–H and O–H groups in total. The van der Waals surface area contributed by atoms with Crippen molar-refractivity contribution < 1.29 is 19.1 Å². The molecule has 1 aromatic heterocycles. The molecule has 2 heterocycles. The third-order valence-corrected chi connectivity index (χ3v) is 6.18. The van der Waals surface area contributed by atoms with Crippen LogP contribution in [0.25, 0.3) is 10.9 Å². The van der Waals surface area contributed by atoms with Crippen LogP contribution in [-0.2, 0) is 27.2 Å². The van der Waals surface area contributed by atoms with Crippen LogP contribution in [0.2, 0.25) is 0 Å². The van der Waals surface area contributed by atoms with Crippen LogP contribution in [0.4, 0.5) is 11.4 Å². The van der Waals surface area contributed by atoms with Gasteiger partial charge in [-0.1, -0.05) is 6.07 Å². The van der Waals surface area contributed by atoms with E-state index in [4.69, 9.17) is 4.74 Å². The lowest BCUT2D eigenvalue weighted by atomic mass is 9.95. The van der Waals surface area contributed by atoms with Gasteiger partial charge in [0.1, 0.15) is 0 Å². The fourth-order valence-corrected chi connectivity index (χ4v) is 4.62. The van der Waals surface area contributed by atoms with Crippen LogP contribution in [0, 0.1) is 0 Å². The molecule has 2 aromatic carbocycles. The minimum Gasteiger partial charge on any atom is -0.452 e. The fraction of sp³-hybridized carbons (Fsp3) is 0.320. The molecule has 0 atom stereocenters. The molecule has 0 saturated carbocycles. The second-order valence-corrected chi connectivity index (χ2v) is 8.37. The summed E-state index contributed by atoms with van der Waals surface area (Å²) >= 11 is 0. The number of carbonyl (C=O) groups excluding carboxylic acids is 3. The van der Waals surface area contributed by atoms with Crippen LogP contribution in [0.5, 0.6) is 0 Å². The van der Waals surface area contributed by atoms with E-state index < -0.39 is 11.9 Å². The van der Waals surface area contributed by atoms with Gasteiger partial charge in [-0.3, -0.25) is 9.59 Å². The third-order valence-electron chi connectivity index (χ3n) is 6.18. The van der Waals surface area contributed by atoms with E-state index >= 15 is 0 Å². The normalized spacial score (nSPS) is 15.6. The molecular formula is C25H25N3O4. The van der Waals surface area contributed by atoms with E-state index in [-0.39, 0.29) is 12.5 Å². The zero-order valence-electron chi connectivity index (χ0n) is 17.8. The Bertz CT molecular complexity index is 1210. The van der Waals surface area contributed by atoms with Gasteiger partial charge < -0.3 is 19.9 Å². The maximum Gasteiger partial charge on any atom is 0.338 e. The highest BCUT2D eigenvalue weighted by molar-refractivity contribution is 5.99. The molecule has 0 spiro atoms. The largest absolute Gasteiger partial charge is 0.452 e. The van der Waals surface area contributed by atoms with Gasteiger partial charge in [0.2, 0.25) is 5.91 Å². The lowest BCUT2D eigenvalue weighted by Crippen LogP contribution is -2.24. The molecule has 1 fully saturated rings. The molecule has 32 heavy (non-hydrogen) atoms. The first-order valence-electron chi connectivity index (χ1n) is 11.1. The SMILES string of the molecule is O=C(COC(=O)c1ccc2[nH]c3c(c2c1)CCCC3)Nc1cccc(N2CCCC2=O)c1. The predicted octanol–water partition coefficient (Wildman–Crippen LogP) is 3.97. The molecule has 1 aliphatic carbocycles. The highest BCUT2D eigenvalue weighted by atomic mass is 16.5. The molecule has 5 rings (SSSR count). The molecule has 7 heteroatoms. The van der Waals surface area contributed by atoms with Crippen molar-refractivity contribution in [1.82, 2.24) is 4.98 Å². The lowest BCUT2D eigenvalue weighted by molar-refractivity contribution is -0.119. The van der Waals surface area contributed by atoms with Gasteiger partial charge in [-0.2, -0.15) is 0 Å². The quantitative estimate of drug-likeness (QED) is 0.598. The molecule has 2 amide bonds. The molecule has 0 radical (unpaired) electrons. The van der Waals surface area contributed by atoms with Crippen LogP contribution in [0.1, 0.15) is 47.3 Å². The van der Waals surface area contributed by atoms with E-state index in [0.717, 1.165) is 42.3 Å². The monoisotopic (exact) mass is 431 g/mol. The number of rotatable bonds is 5. The highest BCUT2D eigenvalue weighted by Crippen LogP contribution is 2.30. The van der Waals surface area contributed by atoms with E-state index in [0.29, 0.717) is 24.2 Å². The van der Waals surface area contributed by atoms with Gasteiger partial charge >= 0.3 is 5.97 Å². The average Bonchev–Trinajstić information content (AvgIpc) is 3.40. The zero-order valence-corrected chi connectivity index (χ0v) is 17.8. The van der Waals surface area contributed by atoms with Gasteiger partial charge in [-0.25, -0.2) is 4.79 Å². The maximum absolute atomic E-state index is 12.5. The van der Waals surface area contributed by atoms with Crippen molar-refractivity contribution in [1.29, 1.82) is 0 Å². The number of aromatic amines is 1. The summed E-state index contributed by atoms with van der Waals surface area (Å²) in [6, 6.07) is 12.6. The minimum absolute atomic E-state index is 0.0862. The number of ether oxygens (including phenoxy) is 1. The number of hydrogen-bond donors (Lipinski definition) is 2. The summed E-state index contributed by atoms with van der Waals surface area (Å²) in [6.45, 7) is 0.303.